The predicted octanol–water partition coefficient (Wildman–Crippen LogP) is 2.78. The van der Waals surface area contributed by atoms with E-state index in [1.807, 2.05) is 51.9 Å². The fourth-order valence-corrected chi connectivity index (χ4v) is 2.28. The van der Waals surface area contributed by atoms with Crippen molar-refractivity contribution in [1.29, 1.82) is 0 Å². The van der Waals surface area contributed by atoms with Crippen molar-refractivity contribution >= 4 is 11.9 Å². The van der Waals surface area contributed by atoms with E-state index in [4.69, 9.17) is 14.2 Å². The number of rotatable bonds is 9. The molecule has 0 N–H and O–H groups in total. The van der Waals surface area contributed by atoms with Gasteiger partial charge >= 0.3 is 11.9 Å². The number of ether oxygens (including phenoxy) is 3. The fraction of sp³-hybridized carbons (Fsp3) is 0.579. The van der Waals surface area contributed by atoms with Gasteiger partial charge in [-0.05, 0) is 45.0 Å². The molecule has 0 bridgehead atoms. The van der Waals surface area contributed by atoms with E-state index < -0.39 is 11.9 Å². The van der Waals surface area contributed by atoms with Crippen molar-refractivity contribution in [2.24, 2.45) is 0 Å². The molecule has 0 spiro atoms. The van der Waals surface area contributed by atoms with Crippen LogP contribution >= 0.6 is 0 Å². The normalized spacial score (nSPS) is 10.9. The molecule has 0 heterocycles. The quantitative estimate of drug-likeness (QED) is 0.638. The van der Waals surface area contributed by atoms with Crippen molar-refractivity contribution < 1.29 is 23.8 Å². The summed E-state index contributed by atoms with van der Waals surface area (Å²) in [5.74, 6) is -0.377. The summed E-state index contributed by atoms with van der Waals surface area (Å²) in [5, 5.41) is 0. The lowest BCUT2D eigenvalue weighted by Gasteiger charge is -2.19. The number of nitrogens with zero attached hydrogens (tertiary/aromatic N) is 1. The summed E-state index contributed by atoms with van der Waals surface area (Å²) in [6.07, 6.45) is 0. The lowest BCUT2D eigenvalue weighted by molar-refractivity contribution is -0.146. The molecule has 0 unspecified atom stereocenters. The van der Waals surface area contributed by atoms with Crippen LogP contribution in [0.1, 0.15) is 48.2 Å². The van der Waals surface area contributed by atoms with Gasteiger partial charge in [-0.3, -0.25) is 0 Å². The molecule has 0 saturated heterocycles. The van der Waals surface area contributed by atoms with E-state index in [2.05, 4.69) is 0 Å². The van der Waals surface area contributed by atoms with Gasteiger partial charge in [0.05, 0.1) is 6.61 Å². The minimum Gasteiger partial charge on any atom is -0.481 e. The van der Waals surface area contributed by atoms with E-state index in [0.717, 1.165) is 11.1 Å². The zero-order chi connectivity index (χ0) is 19.0. The molecule has 25 heavy (non-hydrogen) atoms. The summed E-state index contributed by atoms with van der Waals surface area (Å²) < 4.78 is 16.0. The minimum absolute atomic E-state index is 0.133. The van der Waals surface area contributed by atoms with Gasteiger partial charge in [0.25, 0.3) is 0 Å². The van der Waals surface area contributed by atoms with Crippen LogP contribution in [0.25, 0.3) is 0 Å². The molecule has 0 amide bonds. The lowest BCUT2D eigenvalue weighted by atomic mass is 9.96. The molecule has 6 heteroatoms. The summed E-state index contributed by atoms with van der Waals surface area (Å²) in [7, 11) is 3.80. The fourth-order valence-electron chi connectivity index (χ4n) is 2.28. The maximum atomic E-state index is 12.3. The summed E-state index contributed by atoms with van der Waals surface area (Å²) in [6.45, 7) is 8.54. The Kier molecular flexibility index (Phi) is 8.41. The molecule has 0 fully saturated rings. The molecule has 0 atom stereocenters. The first-order valence-corrected chi connectivity index (χ1v) is 8.51. The Balaban J connectivity index is 2.96. The second kappa shape index (κ2) is 10.0. The van der Waals surface area contributed by atoms with E-state index in [-0.39, 0.29) is 19.1 Å². The van der Waals surface area contributed by atoms with Crippen LogP contribution < -0.4 is 4.74 Å². The van der Waals surface area contributed by atoms with Crippen LogP contribution in [0.3, 0.4) is 0 Å². The van der Waals surface area contributed by atoms with E-state index in [9.17, 15) is 9.59 Å². The first kappa shape index (κ1) is 21.0. The topological polar surface area (TPSA) is 65.1 Å². The van der Waals surface area contributed by atoms with Gasteiger partial charge < -0.3 is 19.1 Å². The van der Waals surface area contributed by atoms with Crippen molar-refractivity contribution in [3.05, 3.63) is 28.8 Å². The highest BCUT2D eigenvalue weighted by atomic mass is 16.6. The smallest absolute Gasteiger partial charge is 0.344 e. The largest absolute Gasteiger partial charge is 0.481 e. The molecular weight excluding hydrogens is 322 g/mol. The molecule has 1 aromatic carbocycles. The van der Waals surface area contributed by atoms with E-state index >= 15 is 0 Å². The Morgan fingerprint density at radius 2 is 1.84 bits per heavy atom. The third-order valence-corrected chi connectivity index (χ3v) is 3.63. The third-order valence-electron chi connectivity index (χ3n) is 3.63. The number of carbonyl (C=O) groups is 2. The second-order valence-corrected chi connectivity index (χ2v) is 6.36. The summed E-state index contributed by atoms with van der Waals surface area (Å²) in [6, 6.07) is 3.78. The first-order chi connectivity index (χ1) is 11.8. The molecule has 0 saturated carbocycles. The van der Waals surface area contributed by atoms with Gasteiger partial charge in [-0.25, -0.2) is 9.59 Å². The number of hydrogen-bond donors (Lipinski definition) is 0. The summed E-state index contributed by atoms with van der Waals surface area (Å²) in [5.41, 5.74) is 1.97. The highest BCUT2D eigenvalue weighted by molar-refractivity contribution is 5.95. The van der Waals surface area contributed by atoms with Crippen LogP contribution in [0.15, 0.2) is 12.1 Å². The Morgan fingerprint density at radius 3 is 2.40 bits per heavy atom. The highest BCUT2D eigenvalue weighted by Crippen LogP contribution is 2.33. The molecule has 1 rings (SSSR count). The van der Waals surface area contributed by atoms with Crippen molar-refractivity contribution in [3.8, 4) is 5.75 Å². The van der Waals surface area contributed by atoms with Crippen LogP contribution in [0.2, 0.25) is 0 Å². The molecule has 0 aliphatic rings. The van der Waals surface area contributed by atoms with Crippen molar-refractivity contribution in [2.45, 2.75) is 33.6 Å². The molecule has 0 radical (unpaired) electrons. The van der Waals surface area contributed by atoms with Gasteiger partial charge in [-0.1, -0.05) is 26.0 Å². The SMILES string of the molecule is CCOC(=O)c1c(C)ccc(C(C)C)c1OCC(=O)OCCN(C)C. The van der Waals surface area contributed by atoms with Gasteiger partial charge in [0.1, 0.15) is 17.9 Å². The first-order valence-electron chi connectivity index (χ1n) is 8.51. The molecule has 0 aliphatic heterocycles. The minimum atomic E-state index is -0.465. The van der Waals surface area contributed by atoms with Gasteiger partial charge in [0.15, 0.2) is 6.61 Å². The Morgan fingerprint density at radius 1 is 1.16 bits per heavy atom. The maximum Gasteiger partial charge on any atom is 0.344 e. The zero-order valence-electron chi connectivity index (χ0n) is 16.0. The Hall–Kier alpha value is -2.08. The third kappa shape index (κ3) is 6.38. The van der Waals surface area contributed by atoms with Gasteiger partial charge in [-0.2, -0.15) is 0 Å². The van der Waals surface area contributed by atoms with Crippen LogP contribution in [0.5, 0.6) is 5.75 Å². The second-order valence-electron chi connectivity index (χ2n) is 6.36. The Labute approximate surface area is 150 Å². The molecule has 140 valence electrons. The van der Waals surface area contributed by atoms with Crippen LogP contribution in [0, 0.1) is 6.92 Å². The Bertz CT molecular complexity index is 596. The summed E-state index contributed by atoms with van der Waals surface area (Å²) >= 11 is 0. The maximum absolute atomic E-state index is 12.3. The molecule has 0 aromatic heterocycles. The number of carbonyl (C=O) groups excluding carboxylic acids is 2. The molecular formula is C19H29NO5. The molecule has 0 aliphatic carbocycles. The monoisotopic (exact) mass is 351 g/mol. The van der Waals surface area contributed by atoms with Crippen molar-refractivity contribution in [2.75, 3.05) is 40.5 Å². The van der Waals surface area contributed by atoms with E-state index in [0.29, 0.717) is 24.5 Å². The highest BCUT2D eigenvalue weighted by Gasteiger charge is 2.22. The summed E-state index contributed by atoms with van der Waals surface area (Å²) in [4.78, 5) is 26.1. The zero-order valence-corrected chi connectivity index (χ0v) is 16.0. The van der Waals surface area contributed by atoms with Gasteiger partial charge in [0.2, 0.25) is 0 Å². The van der Waals surface area contributed by atoms with Gasteiger partial charge in [0, 0.05) is 6.54 Å². The van der Waals surface area contributed by atoms with Crippen molar-refractivity contribution in [3.63, 3.8) is 0 Å². The van der Waals surface area contributed by atoms with Crippen molar-refractivity contribution in [1.82, 2.24) is 4.90 Å². The van der Waals surface area contributed by atoms with Gasteiger partial charge in [-0.15, -0.1) is 0 Å². The van der Waals surface area contributed by atoms with Crippen LogP contribution in [-0.2, 0) is 14.3 Å². The molecule has 6 nitrogen and oxygen atoms in total. The number of esters is 2. The molecule has 1 aromatic rings. The van der Waals surface area contributed by atoms with Crippen LogP contribution in [0.4, 0.5) is 0 Å². The standard InChI is InChI=1S/C19H29NO5/c1-7-23-19(22)17-14(4)8-9-15(13(2)3)18(17)25-12-16(21)24-11-10-20(5)6/h8-9,13H,7,10-12H2,1-6H3. The lowest BCUT2D eigenvalue weighted by Crippen LogP contribution is -2.23. The van der Waals surface area contributed by atoms with E-state index in [1.165, 1.54) is 0 Å². The average Bonchev–Trinajstić information content (AvgIpc) is 2.52. The number of hydrogen-bond acceptors (Lipinski definition) is 6. The average molecular weight is 351 g/mol. The predicted molar refractivity (Wildman–Crippen MR) is 96.2 cm³/mol. The van der Waals surface area contributed by atoms with E-state index in [1.54, 1.807) is 6.92 Å². The number of aryl methyl sites for hydroxylation is 1. The number of benzene rings is 1. The van der Waals surface area contributed by atoms with Crippen LogP contribution in [-0.4, -0.2) is 57.3 Å². The number of likely N-dealkylation sites (N-methyl/N-ethyl adjacent to an activating group) is 1.